The molecule has 1 saturated heterocycles. The number of carbonyl (C=O) groups is 1. The molecule has 1 amide bonds. The van der Waals surface area contributed by atoms with E-state index in [9.17, 15) is 13.2 Å². The molecule has 3 N–H and O–H groups in total. The minimum Gasteiger partial charge on any atom is -0.486 e. The van der Waals surface area contributed by atoms with Crippen LogP contribution in [0.1, 0.15) is 39.2 Å². The summed E-state index contributed by atoms with van der Waals surface area (Å²) in [5.74, 6) is 1.01. The average molecular weight is 489 g/mol. The van der Waals surface area contributed by atoms with Crippen LogP contribution in [0.15, 0.2) is 42.5 Å². The van der Waals surface area contributed by atoms with Crippen LogP contribution in [0, 0.1) is 0 Å². The predicted octanol–water partition coefficient (Wildman–Crippen LogP) is 2.61. The Morgan fingerprint density at radius 2 is 1.65 bits per heavy atom. The SMILES string of the molecule is CC(C)c1ccc(N(CC(=O)Nc2ccc3c(c2)OCCO3)S(=O)(=O)C2C(C)NNC2C)cc1. The molecule has 0 radical (unpaired) electrons. The number of sulfonamides is 1. The molecule has 10 heteroatoms. The van der Waals surface area contributed by atoms with Gasteiger partial charge in [-0.15, -0.1) is 0 Å². The Labute approximate surface area is 200 Å². The van der Waals surface area contributed by atoms with Gasteiger partial charge in [0.15, 0.2) is 11.5 Å². The average Bonchev–Trinajstić information content (AvgIpc) is 3.16. The lowest BCUT2D eigenvalue weighted by Gasteiger charge is -2.30. The number of rotatable bonds is 7. The van der Waals surface area contributed by atoms with Crippen molar-refractivity contribution in [2.45, 2.75) is 50.9 Å². The predicted molar refractivity (Wildman–Crippen MR) is 132 cm³/mol. The summed E-state index contributed by atoms with van der Waals surface area (Å²) in [7, 11) is -3.88. The summed E-state index contributed by atoms with van der Waals surface area (Å²) in [6.45, 7) is 8.33. The molecular weight excluding hydrogens is 456 g/mol. The normalized spacial score (nSPS) is 22.0. The number of nitrogens with one attached hydrogen (secondary N) is 3. The van der Waals surface area contributed by atoms with Crippen LogP contribution >= 0.6 is 0 Å². The molecule has 2 aromatic carbocycles. The highest BCUT2D eigenvalue weighted by atomic mass is 32.2. The van der Waals surface area contributed by atoms with Gasteiger partial charge in [0.25, 0.3) is 0 Å². The van der Waals surface area contributed by atoms with Crippen LogP contribution in [0.25, 0.3) is 0 Å². The van der Waals surface area contributed by atoms with Crippen LogP contribution in [0.4, 0.5) is 11.4 Å². The zero-order chi connectivity index (χ0) is 24.5. The third kappa shape index (κ3) is 4.98. The number of benzene rings is 2. The van der Waals surface area contributed by atoms with E-state index in [1.165, 1.54) is 4.31 Å². The molecule has 184 valence electrons. The van der Waals surface area contributed by atoms with Crippen LogP contribution in [0.3, 0.4) is 0 Å². The molecule has 0 saturated carbocycles. The first-order chi connectivity index (χ1) is 16.2. The molecule has 9 nitrogen and oxygen atoms in total. The van der Waals surface area contributed by atoms with E-state index in [2.05, 4.69) is 30.0 Å². The topological polar surface area (TPSA) is 109 Å². The van der Waals surface area contributed by atoms with Crippen LogP contribution < -0.4 is 29.9 Å². The number of hydrazine groups is 1. The van der Waals surface area contributed by atoms with Gasteiger partial charge in [0.2, 0.25) is 15.9 Å². The van der Waals surface area contributed by atoms with Crippen molar-refractivity contribution in [1.29, 1.82) is 0 Å². The molecule has 2 aliphatic rings. The van der Waals surface area contributed by atoms with Crippen molar-refractivity contribution < 1.29 is 22.7 Å². The quantitative estimate of drug-likeness (QED) is 0.550. The van der Waals surface area contributed by atoms with Gasteiger partial charge < -0.3 is 14.8 Å². The van der Waals surface area contributed by atoms with Gasteiger partial charge in [-0.3, -0.25) is 20.0 Å². The Kier molecular flexibility index (Phi) is 7.01. The fourth-order valence-corrected chi connectivity index (χ4v) is 6.50. The number of hydrogen-bond donors (Lipinski definition) is 3. The van der Waals surface area contributed by atoms with Crippen LogP contribution in [0.5, 0.6) is 11.5 Å². The van der Waals surface area contributed by atoms with Crippen molar-refractivity contribution >= 4 is 27.3 Å². The summed E-state index contributed by atoms with van der Waals surface area (Å²) in [6.07, 6.45) is 0. The van der Waals surface area contributed by atoms with Gasteiger partial charge in [-0.1, -0.05) is 26.0 Å². The maximum absolute atomic E-state index is 13.8. The molecule has 0 aromatic heterocycles. The highest BCUT2D eigenvalue weighted by Gasteiger charge is 2.44. The lowest BCUT2D eigenvalue weighted by Crippen LogP contribution is -2.49. The molecule has 2 heterocycles. The third-order valence-electron chi connectivity index (χ3n) is 6.14. The maximum Gasteiger partial charge on any atom is 0.245 e. The molecule has 34 heavy (non-hydrogen) atoms. The van der Waals surface area contributed by atoms with Crippen LogP contribution in [-0.4, -0.2) is 51.4 Å². The van der Waals surface area contributed by atoms with Crippen molar-refractivity contribution in [2.75, 3.05) is 29.4 Å². The Hall–Kier alpha value is -2.82. The number of ether oxygens (including phenoxy) is 2. The number of anilines is 2. The van der Waals surface area contributed by atoms with E-state index in [0.717, 1.165) is 5.56 Å². The maximum atomic E-state index is 13.8. The van der Waals surface area contributed by atoms with Crippen molar-refractivity contribution in [3.63, 3.8) is 0 Å². The Bertz CT molecular complexity index is 1130. The smallest absolute Gasteiger partial charge is 0.245 e. The summed E-state index contributed by atoms with van der Waals surface area (Å²) in [5, 5.41) is 2.06. The van der Waals surface area contributed by atoms with E-state index in [4.69, 9.17) is 9.47 Å². The van der Waals surface area contributed by atoms with Gasteiger partial charge in [0, 0.05) is 23.8 Å². The lowest BCUT2D eigenvalue weighted by atomic mass is 10.0. The minimum atomic E-state index is -3.88. The monoisotopic (exact) mass is 488 g/mol. The van der Waals surface area contributed by atoms with Gasteiger partial charge in [0.05, 0.1) is 5.69 Å². The zero-order valence-electron chi connectivity index (χ0n) is 19.9. The summed E-state index contributed by atoms with van der Waals surface area (Å²) >= 11 is 0. The van der Waals surface area contributed by atoms with E-state index in [1.54, 1.807) is 30.3 Å². The second kappa shape index (κ2) is 9.81. The molecule has 2 atom stereocenters. The second-order valence-corrected chi connectivity index (χ2v) is 11.1. The molecule has 2 unspecified atom stereocenters. The van der Waals surface area contributed by atoms with Crippen molar-refractivity contribution in [3.05, 3.63) is 48.0 Å². The van der Waals surface area contributed by atoms with E-state index >= 15 is 0 Å². The molecule has 1 fully saturated rings. The van der Waals surface area contributed by atoms with Gasteiger partial charge >= 0.3 is 0 Å². The molecular formula is C24H32N4O5S. The molecule has 2 aliphatic heterocycles. The first kappa shape index (κ1) is 24.3. The van der Waals surface area contributed by atoms with Gasteiger partial charge in [-0.25, -0.2) is 8.42 Å². The van der Waals surface area contributed by atoms with Gasteiger partial charge in [-0.05, 0) is 49.6 Å². The van der Waals surface area contributed by atoms with Crippen molar-refractivity contribution in [1.82, 2.24) is 10.9 Å². The number of nitrogens with zero attached hydrogens (tertiary/aromatic N) is 1. The highest BCUT2D eigenvalue weighted by molar-refractivity contribution is 7.93. The van der Waals surface area contributed by atoms with Crippen LogP contribution in [-0.2, 0) is 14.8 Å². The van der Waals surface area contributed by atoms with E-state index in [-0.39, 0.29) is 18.6 Å². The zero-order valence-corrected chi connectivity index (χ0v) is 20.7. The lowest BCUT2D eigenvalue weighted by molar-refractivity contribution is -0.114. The van der Waals surface area contributed by atoms with Gasteiger partial charge in [0.1, 0.15) is 25.0 Å². The summed E-state index contributed by atoms with van der Waals surface area (Å²) in [4.78, 5) is 13.0. The Morgan fingerprint density at radius 3 is 2.26 bits per heavy atom. The fraction of sp³-hybridized carbons (Fsp3) is 0.458. The summed E-state index contributed by atoms with van der Waals surface area (Å²) < 4.78 is 39.9. The number of hydrogen-bond acceptors (Lipinski definition) is 7. The van der Waals surface area contributed by atoms with E-state index < -0.39 is 21.2 Å². The fourth-order valence-electron chi connectivity index (χ4n) is 4.33. The molecule has 4 rings (SSSR count). The molecule has 2 aromatic rings. The summed E-state index contributed by atoms with van der Waals surface area (Å²) in [5.41, 5.74) is 8.04. The number of amides is 1. The molecule has 0 aliphatic carbocycles. The Morgan fingerprint density at radius 1 is 1.03 bits per heavy atom. The second-order valence-electron chi connectivity index (χ2n) is 9.04. The molecule has 0 spiro atoms. The standard InChI is InChI=1S/C24H32N4O5S/c1-15(2)18-5-8-20(9-6-18)28(34(30,31)24-16(3)26-27-17(24)4)14-23(29)25-19-7-10-21-22(13-19)33-12-11-32-21/h5-10,13,15-17,24,26-27H,11-12,14H2,1-4H3,(H,25,29). The molecule has 0 bridgehead atoms. The highest BCUT2D eigenvalue weighted by Crippen LogP contribution is 2.33. The first-order valence-corrected chi connectivity index (χ1v) is 13.0. The number of fused-ring (bicyclic) bond motifs is 1. The minimum absolute atomic E-state index is 0.306. The third-order valence-corrected chi connectivity index (χ3v) is 8.59. The van der Waals surface area contributed by atoms with E-state index in [0.29, 0.717) is 42.0 Å². The van der Waals surface area contributed by atoms with Gasteiger partial charge in [-0.2, -0.15) is 0 Å². The van der Waals surface area contributed by atoms with E-state index in [1.807, 2.05) is 26.0 Å². The Balaban J connectivity index is 1.60. The number of carbonyl (C=O) groups excluding carboxylic acids is 1. The first-order valence-electron chi connectivity index (χ1n) is 11.5. The van der Waals surface area contributed by atoms with Crippen molar-refractivity contribution in [3.8, 4) is 11.5 Å². The van der Waals surface area contributed by atoms with Crippen LogP contribution in [0.2, 0.25) is 0 Å². The van der Waals surface area contributed by atoms with Crippen molar-refractivity contribution in [2.24, 2.45) is 0 Å². The largest absolute Gasteiger partial charge is 0.486 e. The summed E-state index contributed by atoms with van der Waals surface area (Å²) in [6, 6.07) is 11.8.